The molecule has 0 radical (unpaired) electrons. The number of carbonyl (C=O) groups is 1. The molecule has 0 unspecified atom stereocenters. The molecule has 0 bridgehead atoms. The maximum Gasteiger partial charge on any atom is 0.262 e. The summed E-state index contributed by atoms with van der Waals surface area (Å²) in [5.74, 6) is -0.0929. The van der Waals surface area contributed by atoms with Crippen molar-refractivity contribution in [2.24, 2.45) is 5.10 Å². The summed E-state index contributed by atoms with van der Waals surface area (Å²) >= 11 is 9.22. The summed E-state index contributed by atoms with van der Waals surface area (Å²) in [6.07, 6.45) is 1.34. The second-order valence-corrected chi connectivity index (χ2v) is 6.51. The predicted octanol–water partition coefficient (Wildman–Crippen LogP) is 3.77. The average molecular weight is 427 g/mol. The van der Waals surface area contributed by atoms with E-state index < -0.39 is 6.04 Å². The van der Waals surface area contributed by atoms with Crippen LogP contribution in [0.5, 0.6) is 11.5 Å². The van der Waals surface area contributed by atoms with Gasteiger partial charge in [0.15, 0.2) is 11.5 Å². The Kier molecular flexibility index (Phi) is 6.66. The summed E-state index contributed by atoms with van der Waals surface area (Å²) in [5.41, 5.74) is 3.55. The number of benzene rings is 2. The Balaban J connectivity index is 1.99. The van der Waals surface area contributed by atoms with Gasteiger partial charge >= 0.3 is 0 Å². The minimum Gasteiger partial charge on any atom is -0.504 e. The van der Waals surface area contributed by atoms with E-state index in [9.17, 15) is 9.90 Å². The standard InChI is InChI=1S/C17H17BrClN3O3/c1-10(21-14-5-3-4-13(19)8-14)17(24)22-20-9-11-6-12(18)7-15(25-2)16(11)23/h3-10,21,23H,1-2H3,(H,22,24)/b20-9-/t10-/m1/s1. The predicted molar refractivity (Wildman–Crippen MR) is 103 cm³/mol. The molecule has 0 aliphatic heterocycles. The Morgan fingerprint density at radius 3 is 2.84 bits per heavy atom. The quantitative estimate of drug-likeness (QED) is 0.485. The molecule has 0 saturated heterocycles. The van der Waals surface area contributed by atoms with Gasteiger partial charge in [-0.2, -0.15) is 5.10 Å². The Morgan fingerprint density at radius 1 is 1.40 bits per heavy atom. The number of hydrazone groups is 1. The first-order valence-corrected chi connectivity index (χ1v) is 8.49. The van der Waals surface area contributed by atoms with Crippen molar-refractivity contribution in [3.8, 4) is 11.5 Å². The van der Waals surface area contributed by atoms with Gasteiger partial charge in [0.25, 0.3) is 5.91 Å². The minimum absolute atomic E-state index is 0.0613. The van der Waals surface area contributed by atoms with E-state index in [-0.39, 0.29) is 11.7 Å². The highest BCUT2D eigenvalue weighted by Crippen LogP contribution is 2.32. The third-order valence-corrected chi connectivity index (χ3v) is 3.96. The van der Waals surface area contributed by atoms with Gasteiger partial charge in [-0.1, -0.05) is 33.6 Å². The molecule has 2 rings (SSSR count). The van der Waals surface area contributed by atoms with Crippen molar-refractivity contribution in [3.63, 3.8) is 0 Å². The maximum atomic E-state index is 12.1. The molecule has 0 aromatic heterocycles. The summed E-state index contributed by atoms with van der Waals surface area (Å²) in [7, 11) is 1.45. The zero-order valence-electron chi connectivity index (χ0n) is 13.6. The van der Waals surface area contributed by atoms with Crippen LogP contribution in [0.25, 0.3) is 0 Å². The number of methoxy groups -OCH3 is 1. The Labute approximate surface area is 159 Å². The molecule has 0 aliphatic carbocycles. The lowest BCUT2D eigenvalue weighted by molar-refractivity contribution is -0.121. The van der Waals surface area contributed by atoms with Gasteiger partial charge in [0.1, 0.15) is 6.04 Å². The monoisotopic (exact) mass is 425 g/mol. The van der Waals surface area contributed by atoms with Crippen LogP contribution in [0.3, 0.4) is 0 Å². The molecule has 132 valence electrons. The Hall–Kier alpha value is -2.25. The fraction of sp³-hybridized carbons (Fsp3) is 0.176. The Morgan fingerprint density at radius 2 is 2.16 bits per heavy atom. The van der Waals surface area contributed by atoms with Crippen molar-refractivity contribution >= 4 is 45.3 Å². The maximum absolute atomic E-state index is 12.1. The number of carbonyl (C=O) groups excluding carboxylic acids is 1. The molecule has 2 aromatic rings. The second-order valence-electron chi connectivity index (χ2n) is 5.16. The largest absolute Gasteiger partial charge is 0.504 e. The van der Waals surface area contributed by atoms with E-state index in [4.69, 9.17) is 16.3 Å². The lowest BCUT2D eigenvalue weighted by Crippen LogP contribution is -2.34. The van der Waals surface area contributed by atoms with Gasteiger partial charge in [-0.25, -0.2) is 5.43 Å². The summed E-state index contributed by atoms with van der Waals surface area (Å²) in [6, 6.07) is 9.83. The first-order chi connectivity index (χ1) is 11.9. The van der Waals surface area contributed by atoms with E-state index in [1.165, 1.54) is 13.3 Å². The molecule has 0 spiro atoms. The van der Waals surface area contributed by atoms with E-state index in [0.29, 0.717) is 20.8 Å². The zero-order valence-corrected chi connectivity index (χ0v) is 15.9. The average Bonchev–Trinajstić information content (AvgIpc) is 2.57. The minimum atomic E-state index is -0.527. The molecule has 2 aromatic carbocycles. The Bertz CT molecular complexity index is 799. The third-order valence-electron chi connectivity index (χ3n) is 3.27. The summed E-state index contributed by atoms with van der Waals surface area (Å²) in [4.78, 5) is 12.1. The van der Waals surface area contributed by atoms with E-state index in [1.54, 1.807) is 37.3 Å². The number of nitrogens with one attached hydrogen (secondary N) is 2. The molecule has 0 aliphatic rings. The number of phenols is 1. The number of amides is 1. The SMILES string of the molecule is COc1cc(Br)cc(/C=N\NC(=O)[C@@H](C)Nc2cccc(Cl)c2)c1O. The van der Waals surface area contributed by atoms with Gasteiger partial charge in [-0.3, -0.25) is 4.79 Å². The van der Waals surface area contributed by atoms with Gasteiger partial charge in [0, 0.05) is 20.7 Å². The van der Waals surface area contributed by atoms with Gasteiger partial charge < -0.3 is 15.2 Å². The first kappa shape index (κ1) is 19.1. The molecule has 25 heavy (non-hydrogen) atoms. The number of phenolic OH excluding ortho intramolecular Hbond substituents is 1. The fourth-order valence-corrected chi connectivity index (χ4v) is 2.65. The van der Waals surface area contributed by atoms with E-state index >= 15 is 0 Å². The van der Waals surface area contributed by atoms with Crippen LogP contribution in [0.2, 0.25) is 5.02 Å². The highest BCUT2D eigenvalue weighted by Gasteiger charge is 2.12. The van der Waals surface area contributed by atoms with Crippen LogP contribution < -0.4 is 15.5 Å². The van der Waals surface area contributed by atoms with Crippen LogP contribution in [0.15, 0.2) is 46.0 Å². The van der Waals surface area contributed by atoms with Crippen molar-refractivity contribution < 1.29 is 14.6 Å². The molecule has 8 heteroatoms. The van der Waals surface area contributed by atoms with Crippen molar-refractivity contribution in [2.45, 2.75) is 13.0 Å². The first-order valence-electron chi connectivity index (χ1n) is 7.32. The number of halogens is 2. The molecule has 6 nitrogen and oxygen atoms in total. The van der Waals surface area contributed by atoms with Crippen molar-refractivity contribution in [2.75, 3.05) is 12.4 Å². The van der Waals surface area contributed by atoms with Crippen LogP contribution in [0, 0.1) is 0 Å². The van der Waals surface area contributed by atoms with E-state index in [2.05, 4.69) is 31.8 Å². The number of hydrogen-bond acceptors (Lipinski definition) is 5. The van der Waals surface area contributed by atoms with Crippen LogP contribution in [-0.4, -0.2) is 30.4 Å². The molecule has 0 saturated carbocycles. The molecular formula is C17H17BrClN3O3. The highest BCUT2D eigenvalue weighted by molar-refractivity contribution is 9.10. The summed E-state index contributed by atoms with van der Waals surface area (Å²) < 4.78 is 5.77. The molecule has 3 N–H and O–H groups in total. The van der Waals surface area contributed by atoms with Crippen LogP contribution in [-0.2, 0) is 4.79 Å². The smallest absolute Gasteiger partial charge is 0.262 e. The summed E-state index contributed by atoms with van der Waals surface area (Å²) in [5, 5.41) is 17.5. The number of nitrogens with zero attached hydrogens (tertiary/aromatic N) is 1. The van der Waals surface area contributed by atoms with Gasteiger partial charge in [0.2, 0.25) is 0 Å². The lowest BCUT2D eigenvalue weighted by Gasteiger charge is -2.13. The van der Waals surface area contributed by atoms with Crippen LogP contribution in [0.4, 0.5) is 5.69 Å². The molecular weight excluding hydrogens is 410 g/mol. The van der Waals surface area contributed by atoms with Gasteiger partial charge in [0.05, 0.1) is 13.3 Å². The van der Waals surface area contributed by atoms with Gasteiger partial charge in [-0.15, -0.1) is 0 Å². The molecule has 0 fully saturated rings. The van der Waals surface area contributed by atoms with Crippen LogP contribution in [0.1, 0.15) is 12.5 Å². The van der Waals surface area contributed by atoms with Crippen molar-refractivity contribution in [1.82, 2.24) is 5.43 Å². The molecule has 0 heterocycles. The topological polar surface area (TPSA) is 83.0 Å². The highest BCUT2D eigenvalue weighted by atomic mass is 79.9. The summed E-state index contributed by atoms with van der Waals surface area (Å²) in [6.45, 7) is 1.70. The fourth-order valence-electron chi connectivity index (χ4n) is 2.00. The second kappa shape index (κ2) is 8.73. The molecule has 1 amide bonds. The lowest BCUT2D eigenvalue weighted by atomic mass is 10.2. The number of aromatic hydroxyl groups is 1. The van der Waals surface area contributed by atoms with Crippen LogP contribution >= 0.6 is 27.5 Å². The number of anilines is 1. The van der Waals surface area contributed by atoms with E-state index in [0.717, 1.165) is 5.69 Å². The van der Waals surface area contributed by atoms with Crippen molar-refractivity contribution in [1.29, 1.82) is 0 Å². The van der Waals surface area contributed by atoms with Gasteiger partial charge in [-0.05, 0) is 37.3 Å². The normalized spacial score (nSPS) is 12.0. The third kappa shape index (κ3) is 5.37. The number of hydrogen-bond donors (Lipinski definition) is 3. The zero-order chi connectivity index (χ0) is 18.4. The molecule has 1 atom stereocenters. The van der Waals surface area contributed by atoms with E-state index in [1.807, 2.05) is 6.07 Å². The van der Waals surface area contributed by atoms with Crippen molar-refractivity contribution in [3.05, 3.63) is 51.5 Å². The number of rotatable bonds is 6. The number of ether oxygens (including phenoxy) is 1.